The lowest BCUT2D eigenvalue weighted by Crippen LogP contribution is -2.24. The Balaban J connectivity index is 3.60. The molecule has 0 heterocycles. The van der Waals surface area contributed by atoms with Crippen molar-refractivity contribution in [3.63, 3.8) is 0 Å². The van der Waals surface area contributed by atoms with Crippen LogP contribution in [0.1, 0.15) is 64.7 Å². The maximum Gasteiger partial charge on any atom is 0.515 e. The van der Waals surface area contributed by atoms with Crippen molar-refractivity contribution in [3.8, 4) is 0 Å². The molecule has 0 aromatic carbocycles. The summed E-state index contributed by atoms with van der Waals surface area (Å²) in [6.45, 7) is 2.21. The van der Waals surface area contributed by atoms with Crippen LogP contribution in [-0.4, -0.2) is 17.2 Å². The van der Waals surface area contributed by atoms with Gasteiger partial charge in [0.05, 0.1) is 0 Å². The van der Waals surface area contributed by atoms with Crippen molar-refractivity contribution >= 4 is 5.97 Å². The number of rotatable bonds is 14. The van der Waals surface area contributed by atoms with Gasteiger partial charge >= 0.3 is 5.97 Å². The Hall–Kier alpha value is -1.61. The predicted molar refractivity (Wildman–Crippen MR) is 96.2 cm³/mol. The van der Waals surface area contributed by atoms with Gasteiger partial charge < -0.3 is 10.2 Å². The molecule has 1 unspecified atom stereocenters. The molecular formula is C20H32O3. The Morgan fingerprint density at radius 1 is 1.00 bits per heavy atom. The summed E-state index contributed by atoms with van der Waals surface area (Å²) >= 11 is 0. The largest absolute Gasteiger partial charge is 0.852 e. The van der Waals surface area contributed by atoms with Crippen LogP contribution in [0.5, 0.6) is 0 Å². The Morgan fingerprint density at radius 2 is 1.74 bits per heavy atom. The van der Waals surface area contributed by atoms with Gasteiger partial charge in [-0.1, -0.05) is 74.8 Å². The van der Waals surface area contributed by atoms with E-state index in [2.05, 4.69) is 25.2 Å². The summed E-state index contributed by atoms with van der Waals surface area (Å²) < 4.78 is 0. The third-order valence-corrected chi connectivity index (χ3v) is 3.35. The second-order valence-corrected chi connectivity index (χ2v) is 5.62. The lowest BCUT2D eigenvalue weighted by atomic mass is 10.1. The van der Waals surface area contributed by atoms with Gasteiger partial charge in [-0.25, -0.2) is 0 Å². The van der Waals surface area contributed by atoms with Crippen LogP contribution in [0.3, 0.4) is 0 Å². The van der Waals surface area contributed by atoms with Gasteiger partial charge in [0.2, 0.25) is 0 Å². The molecule has 130 valence electrons. The summed E-state index contributed by atoms with van der Waals surface area (Å²) in [5, 5.41) is 18.3. The fourth-order valence-corrected chi connectivity index (χ4v) is 2.01. The predicted octanol–water partition coefficient (Wildman–Crippen LogP) is 3.72. The summed E-state index contributed by atoms with van der Waals surface area (Å²) in [4.78, 5) is 10.4. The van der Waals surface area contributed by atoms with Crippen LogP contribution >= 0.6 is 0 Å². The van der Waals surface area contributed by atoms with E-state index in [1.807, 2.05) is 30.4 Å². The van der Waals surface area contributed by atoms with Crippen LogP contribution in [0, 0.1) is 0 Å². The van der Waals surface area contributed by atoms with E-state index in [9.17, 15) is 9.90 Å². The van der Waals surface area contributed by atoms with Crippen molar-refractivity contribution in [2.45, 2.75) is 70.8 Å². The molecule has 2 N–H and O–H groups in total. The molecule has 0 saturated heterocycles. The van der Waals surface area contributed by atoms with Crippen LogP contribution in [-0.2, 0) is 4.79 Å². The first-order valence-electron chi connectivity index (χ1n) is 8.70. The molecule has 0 amide bonds. The smallest absolute Gasteiger partial charge is 0.515 e. The molecule has 23 heavy (non-hydrogen) atoms. The van der Waals surface area contributed by atoms with Gasteiger partial charge in [0.15, 0.2) is 0 Å². The van der Waals surface area contributed by atoms with Crippen molar-refractivity contribution in [3.05, 3.63) is 48.6 Å². The van der Waals surface area contributed by atoms with Gasteiger partial charge in [0.25, 0.3) is 0 Å². The third-order valence-electron chi connectivity index (χ3n) is 3.35. The zero-order valence-corrected chi connectivity index (χ0v) is 14.4. The number of hydrogen-bond acceptors (Lipinski definition) is 2. The summed E-state index contributed by atoms with van der Waals surface area (Å²) in [5.74, 6) is -0.585. The van der Waals surface area contributed by atoms with E-state index < -0.39 is 12.1 Å². The molecule has 1 atom stereocenters. The molecule has 3 heteroatoms. The highest BCUT2D eigenvalue weighted by molar-refractivity contribution is 5.66. The topological polar surface area (TPSA) is 63.0 Å². The molecule has 0 aromatic rings. The molecule has 0 aliphatic heterocycles. The molecule has 0 rings (SSSR count). The third kappa shape index (κ3) is 18.3. The number of unbranched alkanes of at least 4 members (excludes halogenated alkanes) is 3. The summed E-state index contributed by atoms with van der Waals surface area (Å²) in [7, 11) is 0. The van der Waals surface area contributed by atoms with Crippen LogP contribution in [0.2, 0.25) is 0 Å². The van der Waals surface area contributed by atoms with E-state index in [0.717, 1.165) is 6.42 Å². The van der Waals surface area contributed by atoms with E-state index in [0.29, 0.717) is 19.3 Å². The molecular weight excluding hydrogens is 288 g/mol. The fourth-order valence-electron chi connectivity index (χ4n) is 2.01. The molecule has 0 saturated carbocycles. The first kappa shape index (κ1) is 21.4. The first-order valence-corrected chi connectivity index (χ1v) is 8.70. The zero-order chi connectivity index (χ0) is 17.2. The molecule has 0 radical (unpaired) electrons. The molecule has 0 bridgehead atoms. The monoisotopic (exact) mass is 320 g/mol. The normalized spacial score (nSPS) is 13.8. The van der Waals surface area contributed by atoms with E-state index in [-0.39, 0.29) is 6.42 Å². The van der Waals surface area contributed by atoms with E-state index in [4.69, 9.17) is 5.11 Å². The molecule has 0 aliphatic rings. The average Bonchev–Trinajstić information content (AvgIpc) is 2.51. The van der Waals surface area contributed by atoms with E-state index >= 15 is 0 Å². The zero-order valence-electron chi connectivity index (χ0n) is 14.4. The summed E-state index contributed by atoms with van der Waals surface area (Å²) in [6, 6.07) is 0. The number of hydrogen-bond donors (Lipinski definition) is 0. The Kier molecular flexibility index (Phi) is 15.6. The minimum Gasteiger partial charge on any atom is -0.852 e. The SMILES string of the molecule is CCCCC/C=C/C/C=C/C=C/C=C/CC([O-])CCCC(=O)[OH2+]. The van der Waals surface area contributed by atoms with Gasteiger partial charge in [-0.15, -0.1) is 6.10 Å². The molecule has 0 aromatic heterocycles. The van der Waals surface area contributed by atoms with Gasteiger partial charge in [-0.3, -0.25) is 0 Å². The lowest BCUT2D eigenvalue weighted by molar-refractivity contribution is -0.420. The first-order chi connectivity index (χ1) is 11.2. The number of carbonyl (C=O) groups excluding carboxylic acids is 1. The number of carbonyl (C=O) groups is 1. The summed E-state index contributed by atoms with van der Waals surface area (Å²) in [6.07, 6.45) is 23.1. The van der Waals surface area contributed by atoms with Crippen molar-refractivity contribution in [2.75, 3.05) is 0 Å². The van der Waals surface area contributed by atoms with Gasteiger partial charge in [-0.2, -0.15) is 0 Å². The van der Waals surface area contributed by atoms with Crippen molar-refractivity contribution in [1.82, 2.24) is 0 Å². The lowest BCUT2D eigenvalue weighted by Gasteiger charge is -2.18. The summed E-state index contributed by atoms with van der Waals surface area (Å²) in [5.41, 5.74) is 0. The van der Waals surface area contributed by atoms with Crippen LogP contribution in [0.15, 0.2) is 48.6 Å². The minimum absolute atomic E-state index is 0.195. The molecule has 0 spiro atoms. The standard InChI is InChI=1S/C20H31O3/c1-2-3-4-5-6-7-8-9-10-11-12-13-14-16-19(21)17-15-18-20(22)23/h6-7,9-14,19H,2-5,8,15-18H2,1H3,(H,22,23)/q-1/p+1/b7-6+,10-9+,12-11+,14-13+. The van der Waals surface area contributed by atoms with E-state index in [1.54, 1.807) is 0 Å². The van der Waals surface area contributed by atoms with Crippen molar-refractivity contribution in [2.24, 2.45) is 0 Å². The fraction of sp³-hybridized carbons (Fsp3) is 0.550. The highest BCUT2D eigenvalue weighted by atomic mass is 16.4. The second kappa shape index (κ2) is 16.8. The Morgan fingerprint density at radius 3 is 2.43 bits per heavy atom. The van der Waals surface area contributed by atoms with Gasteiger partial charge in [0.1, 0.15) is 6.42 Å². The quantitative estimate of drug-likeness (QED) is 0.212. The Labute approximate surface area is 141 Å². The highest BCUT2D eigenvalue weighted by Gasteiger charge is 2.04. The highest BCUT2D eigenvalue weighted by Crippen LogP contribution is 2.03. The molecule has 3 nitrogen and oxygen atoms in total. The van der Waals surface area contributed by atoms with Crippen molar-refractivity contribution in [1.29, 1.82) is 0 Å². The average molecular weight is 320 g/mol. The number of allylic oxidation sites excluding steroid dienone is 7. The Bertz CT molecular complexity index is 392. The van der Waals surface area contributed by atoms with Crippen LogP contribution in [0.4, 0.5) is 0 Å². The van der Waals surface area contributed by atoms with Crippen molar-refractivity contribution < 1.29 is 15.0 Å². The van der Waals surface area contributed by atoms with E-state index in [1.165, 1.54) is 25.7 Å². The van der Waals surface area contributed by atoms with Gasteiger partial charge in [0, 0.05) is 4.79 Å². The maximum absolute atomic E-state index is 11.5. The maximum atomic E-state index is 11.5. The van der Waals surface area contributed by atoms with Crippen LogP contribution in [0.25, 0.3) is 0 Å². The van der Waals surface area contributed by atoms with Gasteiger partial charge in [-0.05, 0) is 32.1 Å². The minimum atomic E-state index is -0.674. The molecule has 0 fully saturated rings. The molecule has 0 aliphatic carbocycles. The van der Waals surface area contributed by atoms with Crippen LogP contribution < -0.4 is 5.11 Å². The second-order valence-electron chi connectivity index (χ2n) is 5.62.